The van der Waals surface area contributed by atoms with E-state index in [2.05, 4.69) is 20.2 Å². The van der Waals surface area contributed by atoms with Crippen LogP contribution in [0.3, 0.4) is 0 Å². The molecule has 0 aliphatic carbocycles. The number of aryl methyl sites for hydroxylation is 1. The highest BCUT2D eigenvalue weighted by Crippen LogP contribution is 2.21. The molecule has 0 amide bonds. The van der Waals surface area contributed by atoms with Gasteiger partial charge in [-0.2, -0.15) is 0 Å². The van der Waals surface area contributed by atoms with Gasteiger partial charge in [0.15, 0.2) is 0 Å². The fourth-order valence-electron chi connectivity index (χ4n) is 3.12. The second-order valence-electron chi connectivity index (χ2n) is 6.44. The predicted octanol–water partition coefficient (Wildman–Crippen LogP) is 2.54. The average molecular weight is 327 g/mol. The normalized spacial score (nSPS) is 19.0. The zero-order chi connectivity index (χ0) is 16.9. The average Bonchev–Trinajstić information content (AvgIpc) is 2.79. The molecule has 2 aromatic heterocycles. The van der Waals surface area contributed by atoms with Crippen molar-refractivity contribution >= 4 is 11.5 Å². The van der Waals surface area contributed by atoms with Crippen molar-refractivity contribution in [2.45, 2.75) is 38.8 Å². The van der Waals surface area contributed by atoms with Crippen molar-refractivity contribution in [1.29, 1.82) is 0 Å². The lowest BCUT2D eigenvalue weighted by Gasteiger charge is -2.21. The first-order valence-corrected chi connectivity index (χ1v) is 8.46. The van der Waals surface area contributed by atoms with Crippen LogP contribution in [0.1, 0.15) is 30.7 Å². The molecule has 6 nitrogen and oxygen atoms in total. The first-order valence-electron chi connectivity index (χ1n) is 8.46. The summed E-state index contributed by atoms with van der Waals surface area (Å²) in [5.74, 6) is 0.825. The van der Waals surface area contributed by atoms with Gasteiger partial charge in [0.25, 0.3) is 0 Å². The number of anilines is 2. The molecule has 0 bridgehead atoms. The van der Waals surface area contributed by atoms with Gasteiger partial charge in [0, 0.05) is 24.8 Å². The Morgan fingerprint density at radius 2 is 2.12 bits per heavy atom. The van der Waals surface area contributed by atoms with Gasteiger partial charge in [-0.25, -0.2) is 4.98 Å². The third-order valence-corrected chi connectivity index (χ3v) is 4.44. The number of hydrogen-bond donors (Lipinski definition) is 3. The van der Waals surface area contributed by atoms with Gasteiger partial charge in [0.1, 0.15) is 11.6 Å². The quantitative estimate of drug-likeness (QED) is 0.800. The first kappa shape index (κ1) is 16.5. The Bertz CT molecular complexity index is 674. The van der Waals surface area contributed by atoms with Crippen LogP contribution in [0.2, 0.25) is 0 Å². The van der Waals surface area contributed by atoms with E-state index in [4.69, 9.17) is 5.73 Å². The Balaban J connectivity index is 1.56. The van der Waals surface area contributed by atoms with Gasteiger partial charge >= 0.3 is 0 Å². The fourth-order valence-corrected chi connectivity index (χ4v) is 3.12. The molecule has 128 valence electrons. The summed E-state index contributed by atoms with van der Waals surface area (Å²) < 4.78 is 0. The van der Waals surface area contributed by atoms with Crippen molar-refractivity contribution in [3.63, 3.8) is 0 Å². The van der Waals surface area contributed by atoms with Crippen LogP contribution >= 0.6 is 0 Å². The molecule has 0 unspecified atom stereocenters. The van der Waals surface area contributed by atoms with Crippen LogP contribution in [-0.2, 0) is 6.54 Å². The van der Waals surface area contributed by atoms with Crippen LogP contribution in [-0.4, -0.2) is 39.1 Å². The molecule has 0 spiro atoms. The number of aromatic hydroxyl groups is 1. The number of likely N-dealkylation sites (tertiary alicyclic amines) is 1. The molecule has 4 N–H and O–H groups in total. The van der Waals surface area contributed by atoms with Crippen LogP contribution in [0.25, 0.3) is 0 Å². The van der Waals surface area contributed by atoms with Gasteiger partial charge < -0.3 is 16.2 Å². The molecule has 1 saturated heterocycles. The Labute approximate surface area is 142 Å². The molecule has 3 heterocycles. The van der Waals surface area contributed by atoms with E-state index in [9.17, 15) is 5.11 Å². The van der Waals surface area contributed by atoms with Gasteiger partial charge in [-0.3, -0.25) is 9.88 Å². The van der Waals surface area contributed by atoms with Crippen molar-refractivity contribution < 1.29 is 5.11 Å². The van der Waals surface area contributed by atoms with Crippen molar-refractivity contribution in [2.24, 2.45) is 0 Å². The van der Waals surface area contributed by atoms with Crippen molar-refractivity contribution in [1.82, 2.24) is 14.9 Å². The largest absolute Gasteiger partial charge is 0.506 e. The highest BCUT2D eigenvalue weighted by Gasteiger charge is 2.18. The highest BCUT2D eigenvalue weighted by atomic mass is 16.3. The lowest BCUT2D eigenvalue weighted by molar-refractivity contribution is 0.268. The molecule has 6 heteroatoms. The molecular weight excluding hydrogens is 302 g/mol. The predicted molar refractivity (Wildman–Crippen MR) is 95.8 cm³/mol. The maximum Gasteiger partial charge on any atom is 0.138 e. The Kier molecular flexibility index (Phi) is 5.15. The van der Waals surface area contributed by atoms with Crippen LogP contribution in [0, 0.1) is 6.92 Å². The molecule has 1 aliphatic rings. The number of rotatable bonds is 4. The summed E-state index contributed by atoms with van der Waals surface area (Å²) in [4.78, 5) is 11.0. The van der Waals surface area contributed by atoms with E-state index in [0.717, 1.165) is 49.4 Å². The minimum absolute atomic E-state index is 0.285. The summed E-state index contributed by atoms with van der Waals surface area (Å²) in [6.07, 6.45) is 5.07. The maximum absolute atomic E-state index is 9.99. The fraction of sp³-hybridized carbons (Fsp3) is 0.444. The minimum Gasteiger partial charge on any atom is -0.506 e. The number of nitrogens with one attached hydrogen (secondary N) is 1. The highest BCUT2D eigenvalue weighted by molar-refractivity contribution is 5.46. The van der Waals surface area contributed by atoms with E-state index >= 15 is 0 Å². The van der Waals surface area contributed by atoms with Crippen LogP contribution in [0.5, 0.6) is 5.75 Å². The number of pyridine rings is 2. The van der Waals surface area contributed by atoms with Crippen LogP contribution < -0.4 is 11.1 Å². The SMILES string of the molecule is Cc1ccc(O)c(CN2CCC[C@@H](Nc3ccc(N)nc3)CC2)n1. The van der Waals surface area contributed by atoms with Crippen molar-refractivity contribution in [3.05, 3.63) is 41.9 Å². The molecule has 0 aromatic carbocycles. The van der Waals surface area contributed by atoms with E-state index in [-0.39, 0.29) is 5.75 Å². The van der Waals surface area contributed by atoms with Crippen LogP contribution in [0.15, 0.2) is 30.5 Å². The second-order valence-corrected chi connectivity index (χ2v) is 6.44. The third-order valence-electron chi connectivity index (χ3n) is 4.44. The van der Waals surface area contributed by atoms with Gasteiger partial charge in [-0.1, -0.05) is 0 Å². The Morgan fingerprint density at radius 1 is 1.25 bits per heavy atom. The zero-order valence-corrected chi connectivity index (χ0v) is 14.1. The van der Waals surface area contributed by atoms with Crippen molar-refractivity contribution in [2.75, 3.05) is 24.1 Å². The van der Waals surface area contributed by atoms with Crippen LogP contribution in [0.4, 0.5) is 11.5 Å². The Morgan fingerprint density at radius 3 is 2.92 bits per heavy atom. The summed E-state index contributed by atoms with van der Waals surface area (Å²) in [7, 11) is 0. The van der Waals surface area contributed by atoms with Gasteiger partial charge in [-0.05, 0) is 57.0 Å². The molecule has 1 aliphatic heterocycles. The summed E-state index contributed by atoms with van der Waals surface area (Å²) in [6, 6.07) is 7.78. The molecule has 2 aromatic rings. The lowest BCUT2D eigenvalue weighted by atomic mass is 10.1. The van der Waals surface area contributed by atoms with E-state index in [0.29, 0.717) is 18.4 Å². The van der Waals surface area contributed by atoms with E-state index in [1.807, 2.05) is 25.1 Å². The second kappa shape index (κ2) is 7.49. The first-order chi connectivity index (χ1) is 11.6. The molecule has 0 radical (unpaired) electrons. The lowest BCUT2D eigenvalue weighted by Crippen LogP contribution is -2.26. The minimum atomic E-state index is 0.285. The number of aromatic nitrogens is 2. The van der Waals surface area contributed by atoms with E-state index < -0.39 is 0 Å². The summed E-state index contributed by atoms with van der Waals surface area (Å²) in [5, 5.41) is 13.5. The summed E-state index contributed by atoms with van der Waals surface area (Å²) in [6.45, 7) is 4.65. The maximum atomic E-state index is 9.99. The number of nitrogens with zero attached hydrogens (tertiary/aromatic N) is 3. The van der Waals surface area contributed by atoms with Gasteiger partial charge in [-0.15, -0.1) is 0 Å². The standard InChI is InChI=1S/C18H25N5O/c1-13-4-6-17(24)16(21-13)12-23-9-2-3-14(8-10-23)22-15-5-7-18(19)20-11-15/h4-7,11,14,22,24H,2-3,8-10,12H2,1H3,(H2,19,20)/t14-/m1/s1. The molecule has 24 heavy (non-hydrogen) atoms. The van der Waals surface area contributed by atoms with E-state index in [1.54, 1.807) is 12.3 Å². The smallest absolute Gasteiger partial charge is 0.138 e. The van der Waals surface area contributed by atoms with E-state index in [1.165, 1.54) is 0 Å². The zero-order valence-electron chi connectivity index (χ0n) is 14.1. The molecular formula is C18H25N5O. The number of nitrogens with two attached hydrogens (primary N) is 1. The van der Waals surface area contributed by atoms with Crippen molar-refractivity contribution in [3.8, 4) is 5.75 Å². The summed E-state index contributed by atoms with van der Waals surface area (Å²) in [5.41, 5.74) is 8.35. The molecule has 3 rings (SSSR count). The molecule has 1 atom stereocenters. The molecule has 1 fully saturated rings. The van der Waals surface area contributed by atoms with Gasteiger partial charge in [0.2, 0.25) is 0 Å². The topological polar surface area (TPSA) is 87.3 Å². The number of hydrogen-bond acceptors (Lipinski definition) is 6. The monoisotopic (exact) mass is 327 g/mol. The number of nitrogen functional groups attached to an aromatic ring is 1. The Hall–Kier alpha value is -2.34. The third kappa shape index (κ3) is 4.35. The van der Waals surface area contributed by atoms with Gasteiger partial charge in [0.05, 0.1) is 17.6 Å². The molecule has 0 saturated carbocycles. The summed E-state index contributed by atoms with van der Waals surface area (Å²) >= 11 is 0.